The topological polar surface area (TPSA) is 67.7 Å². The average molecular weight is 260 g/mol. The fourth-order valence-corrected chi connectivity index (χ4v) is 1.75. The molecule has 0 bridgehead atoms. The van der Waals surface area contributed by atoms with E-state index in [2.05, 4.69) is 39.5 Å². The van der Waals surface area contributed by atoms with Gasteiger partial charge in [0.2, 0.25) is 5.95 Å². The van der Waals surface area contributed by atoms with Gasteiger partial charge in [0.1, 0.15) is 5.82 Å². The number of rotatable bonds is 7. The molecule has 2 heterocycles. The molecule has 2 N–H and O–H groups in total. The highest BCUT2D eigenvalue weighted by Crippen LogP contribution is 2.08. The van der Waals surface area contributed by atoms with Crippen LogP contribution in [0.15, 0.2) is 30.7 Å². The van der Waals surface area contributed by atoms with Gasteiger partial charge in [0.05, 0.1) is 6.54 Å². The van der Waals surface area contributed by atoms with Crippen molar-refractivity contribution in [2.75, 3.05) is 17.2 Å². The van der Waals surface area contributed by atoms with Crippen LogP contribution in [0.4, 0.5) is 11.8 Å². The molecule has 2 aromatic heterocycles. The molecule has 0 saturated heterocycles. The molecule has 0 fully saturated rings. The molecule has 0 radical (unpaired) electrons. The smallest absolute Gasteiger partial charge is 0.224 e. The van der Waals surface area contributed by atoms with Crippen molar-refractivity contribution < 1.29 is 0 Å². The maximum Gasteiger partial charge on any atom is 0.224 e. The van der Waals surface area contributed by atoms with E-state index in [4.69, 9.17) is 0 Å². The number of aromatic nitrogens is 4. The van der Waals surface area contributed by atoms with Gasteiger partial charge in [-0.2, -0.15) is 10.1 Å². The molecule has 0 amide bonds. The van der Waals surface area contributed by atoms with Crippen LogP contribution < -0.4 is 10.6 Å². The lowest BCUT2D eigenvalue weighted by molar-refractivity contribution is 0.559. The second kappa shape index (κ2) is 6.72. The zero-order valence-electron chi connectivity index (χ0n) is 11.4. The maximum absolute atomic E-state index is 4.42. The first-order valence-corrected chi connectivity index (χ1v) is 6.59. The Balaban J connectivity index is 1.90. The van der Waals surface area contributed by atoms with Gasteiger partial charge in [0, 0.05) is 31.2 Å². The van der Waals surface area contributed by atoms with Crippen LogP contribution in [0.3, 0.4) is 0 Å². The van der Waals surface area contributed by atoms with Crippen molar-refractivity contribution >= 4 is 11.8 Å². The van der Waals surface area contributed by atoms with Crippen molar-refractivity contribution in [1.82, 2.24) is 19.7 Å². The quantitative estimate of drug-likeness (QED) is 0.797. The standard InChI is InChI=1S/C13H20N6/c1-3-6-14-13-15-8-5-12(18-13)17-11(2)10-19-9-4-7-16-19/h4-5,7-9,11H,3,6,10H2,1-2H3,(H2,14,15,17,18). The Hall–Kier alpha value is -2.11. The summed E-state index contributed by atoms with van der Waals surface area (Å²) >= 11 is 0. The Morgan fingerprint density at radius 3 is 3.00 bits per heavy atom. The van der Waals surface area contributed by atoms with E-state index in [0.29, 0.717) is 5.95 Å². The van der Waals surface area contributed by atoms with E-state index >= 15 is 0 Å². The van der Waals surface area contributed by atoms with E-state index in [-0.39, 0.29) is 6.04 Å². The first-order valence-electron chi connectivity index (χ1n) is 6.59. The van der Waals surface area contributed by atoms with Crippen LogP contribution in [0.5, 0.6) is 0 Å². The molecular weight excluding hydrogens is 240 g/mol. The van der Waals surface area contributed by atoms with Crippen LogP contribution in [0, 0.1) is 0 Å². The van der Waals surface area contributed by atoms with Crippen LogP contribution in [0.2, 0.25) is 0 Å². The molecule has 102 valence electrons. The molecule has 0 spiro atoms. The third-order valence-corrected chi connectivity index (χ3v) is 2.60. The van der Waals surface area contributed by atoms with Crippen molar-refractivity contribution in [3.63, 3.8) is 0 Å². The van der Waals surface area contributed by atoms with Gasteiger partial charge < -0.3 is 10.6 Å². The van der Waals surface area contributed by atoms with Gasteiger partial charge in [-0.15, -0.1) is 0 Å². The summed E-state index contributed by atoms with van der Waals surface area (Å²) in [6.07, 6.45) is 6.54. The molecule has 1 atom stereocenters. The minimum atomic E-state index is 0.244. The number of hydrogen-bond donors (Lipinski definition) is 2. The Labute approximate surface area is 113 Å². The Bertz CT molecular complexity index is 482. The summed E-state index contributed by atoms with van der Waals surface area (Å²) in [5, 5.41) is 10.7. The second-order valence-electron chi connectivity index (χ2n) is 4.47. The summed E-state index contributed by atoms with van der Waals surface area (Å²) in [5.74, 6) is 1.49. The Kier molecular flexibility index (Phi) is 4.72. The molecule has 6 heteroatoms. The van der Waals surface area contributed by atoms with Crippen molar-refractivity contribution in [2.24, 2.45) is 0 Å². The fourth-order valence-electron chi connectivity index (χ4n) is 1.75. The number of hydrogen-bond acceptors (Lipinski definition) is 5. The van der Waals surface area contributed by atoms with E-state index in [0.717, 1.165) is 25.3 Å². The molecule has 0 aliphatic heterocycles. The predicted octanol–water partition coefficient (Wildman–Crippen LogP) is 2.00. The number of anilines is 2. The van der Waals surface area contributed by atoms with Gasteiger partial charge in [-0.1, -0.05) is 6.92 Å². The Morgan fingerprint density at radius 1 is 1.37 bits per heavy atom. The first-order chi connectivity index (χ1) is 9.28. The Morgan fingerprint density at radius 2 is 2.26 bits per heavy atom. The zero-order valence-corrected chi connectivity index (χ0v) is 11.4. The lowest BCUT2D eigenvalue weighted by Gasteiger charge is -2.15. The molecule has 2 aromatic rings. The third-order valence-electron chi connectivity index (χ3n) is 2.60. The molecule has 0 aliphatic carbocycles. The van der Waals surface area contributed by atoms with Gasteiger partial charge in [0.15, 0.2) is 0 Å². The molecule has 0 aliphatic rings. The van der Waals surface area contributed by atoms with Crippen molar-refractivity contribution in [3.05, 3.63) is 30.7 Å². The van der Waals surface area contributed by atoms with Crippen LogP contribution in [0.1, 0.15) is 20.3 Å². The summed E-state index contributed by atoms with van der Waals surface area (Å²) < 4.78 is 1.90. The molecule has 0 aromatic carbocycles. The summed E-state index contributed by atoms with van der Waals surface area (Å²) in [4.78, 5) is 8.60. The van der Waals surface area contributed by atoms with Gasteiger partial charge in [-0.3, -0.25) is 4.68 Å². The van der Waals surface area contributed by atoms with E-state index in [9.17, 15) is 0 Å². The van der Waals surface area contributed by atoms with Gasteiger partial charge in [0.25, 0.3) is 0 Å². The third kappa shape index (κ3) is 4.24. The van der Waals surface area contributed by atoms with Gasteiger partial charge in [-0.25, -0.2) is 4.98 Å². The normalized spacial score (nSPS) is 12.1. The predicted molar refractivity (Wildman–Crippen MR) is 76.1 cm³/mol. The van der Waals surface area contributed by atoms with Crippen molar-refractivity contribution in [3.8, 4) is 0 Å². The molecule has 6 nitrogen and oxygen atoms in total. The highest BCUT2D eigenvalue weighted by Gasteiger charge is 2.05. The average Bonchev–Trinajstić information content (AvgIpc) is 2.89. The minimum absolute atomic E-state index is 0.244. The highest BCUT2D eigenvalue weighted by atomic mass is 15.3. The molecular formula is C13H20N6. The van der Waals surface area contributed by atoms with Gasteiger partial charge in [-0.05, 0) is 25.5 Å². The maximum atomic E-state index is 4.42. The molecule has 0 saturated carbocycles. The minimum Gasteiger partial charge on any atom is -0.366 e. The monoisotopic (exact) mass is 260 g/mol. The summed E-state index contributed by atoms with van der Waals surface area (Å²) in [5.41, 5.74) is 0. The summed E-state index contributed by atoms with van der Waals surface area (Å²) in [6, 6.07) is 4.04. The largest absolute Gasteiger partial charge is 0.366 e. The summed E-state index contributed by atoms with van der Waals surface area (Å²) in [6.45, 7) is 5.89. The number of nitrogens with zero attached hydrogens (tertiary/aromatic N) is 4. The van der Waals surface area contributed by atoms with E-state index in [1.54, 1.807) is 12.4 Å². The summed E-state index contributed by atoms with van der Waals surface area (Å²) in [7, 11) is 0. The lowest BCUT2D eigenvalue weighted by atomic mass is 10.3. The second-order valence-corrected chi connectivity index (χ2v) is 4.47. The molecule has 1 unspecified atom stereocenters. The van der Waals surface area contributed by atoms with Gasteiger partial charge >= 0.3 is 0 Å². The molecule has 2 rings (SSSR count). The number of nitrogens with one attached hydrogen (secondary N) is 2. The first kappa shape index (κ1) is 13.3. The van der Waals surface area contributed by atoms with Crippen LogP contribution in [0.25, 0.3) is 0 Å². The van der Waals surface area contributed by atoms with Crippen LogP contribution in [-0.4, -0.2) is 32.3 Å². The lowest BCUT2D eigenvalue weighted by Crippen LogP contribution is -2.23. The highest BCUT2D eigenvalue weighted by molar-refractivity contribution is 5.40. The van der Waals surface area contributed by atoms with Crippen LogP contribution in [-0.2, 0) is 6.54 Å². The van der Waals surface area contributed by atoms with Crippen LogP contribution >= 0.6 is 0 Å². The molecule has 19 heavy (non-hydrogen) atoms. The van der Waals surface area contributed by atoms with Crippen molar-refractivity contribution in [2.45, 2.75) is 32.9 Å². The fraction of sp³-hybridized carbons (Fsp3) is 0.462. The van der Waals surface area contributed by atoms with E-state index in [1.807, 2.05) is 23.0 Å². The van der Waals surface area contributed by atoms with E-state index < -0.39 is 0 Å². The van der Waals surface area contributed by atoms with Crippen molar-refractivity contribution in [1.29, 1.82) is 0 Å². The van der Waals surface area contributed by atoms with E-state index in [1.165, 1.54) is 0 Å². The SMILES string of the molecule is CCCNc1nccc(NC(C)Cn2cccn2)n1. The zero-order chi connectivity index (χ0) is 13.5.